The summed E-state index contributed by atoms with van der Waals surface area (Å²) in [6, 6.07) is 7.56. The molecule has 0 atom stereocenters. The van der Waals surface area contributed by atoms with E-state index in [9.17, 15) is 9.59 Å². The lowest BCUT2D eigenvalue weighted by Gasteiger charge is -2.33. The second-order valence-corrected chi connectivity index (χ2v) is 6.43. The molecule has 1 saturated heterocycles. The fourth-order valence-corrected chi connectivity index (χ4v) is 3.02. The fourth-order valence-electron chi connectivity index (χ4n) is 3.02. The van der Waals surface area contributed by atoms with Crippen LogP contribution in [0.15, 0.2) is 29.1 Å². The van der Waals surface area contributed by atoms with E-state index in [0.717, 1.165) is 50.2 Å². The molecule has 1 fully saturated rings. The number of amides is 1. The number of rotatable bonds is 6. The minimum Gasteiger partial charge on any atom is -0.355 e. The SMILES string of the molecule is CCCNC(=O)CN1CCN(Cc2nc3ccccc3[nH]c2=O)CC1. The third-order valence-electron chi connectivity index (χ3n) is 4.45. The minimum atomic E-state index is -0.125. The van der Waals surface area contributed by atoms with Crippen molar-refractivity contribution in [1.82, 2.24) is 25.1 Å². The summed E-state index contributed by atoms with van der Waals surface area (Å²) in [4.78, 5) is 35.8. The van der Waals surface area contributed by atoms with Crippen molar-refractivity contribution in [3.05, 3.63) is 40.3 Å². The molecule has 0 unspecified atom stereocenters. The zero-order valence-corrected chi connectivity index (χ0v) is 14.6. The van der Waals surface area contributed by atoms with Gasteiger partial charge in [0, 0.05) is 39.3 Å². The van der Waals surface area contributed by atoms with E-state index in [-0.39, 0.29) is 11.5 Å². The van der Waals surface area contributed by atoms with Gasteiger partial charge in [-0.2, -0.15) is 0 Å². The molecule has 0 saturated carbocycles. The molecular formula is C18H25N5O2. The van der Waals surface area contributed by atoms with Crippen LogP contribution in [0.5, 0.6) is 0 Å². The van der Waals surface area contributed by atoms with Crippen LogP contribution in [0.25, 0.3) is 11.0 Å². The number of para-hydroxylation sites is 2. The Balaban J connectivity index is 1.55. The van der Waals surface area contributed by atoms with E-state index in [4.69, 9.17) is 0 Å². The van der Waals surface area contributed by atoms with Gasteiger partial charge in [-0.15, -0.1) is 0 Å². The lowest BCUT2D eigenvalue weighted by Crippen LogP contribution is -2.49. The van der Waals surface area contributed by atoms with Crippen LogP contribution in [0.1, 0.15) is 19.0 Å². The van der Waals surface area contributed by atoms with Gasteiger partial charge in [0.2, 0.25) is 5.91 Å². The molecule has 1 amide bonds. The van der Waals surface area contributed by atoms with Crippen LogP contribution in [0.3, 0.4) is 0 Å². The van der Waals surface area contributed by atoms with Gasteiger partial charge in [0.15, 0.2) is 0 Å². The summed E-state index contributed by atoms with van der Waals surface area (Å²) in [7, 11) is 0. The lowest BCUT2D eigenvalue weighted by atomic mass is 10.2. The number of carbonyl (C=O) groups is 1. The topological polar surface area (TPSA) is 81.3 Å². The number of piperazine rings is 1. The molecule has 2 N–H and O–H groups in total. The molecular weight excluding hydrogens is 318 g/mol. The summed E-state index contributed by atoms with van der Waals surface area (Å²) < 4.78 is 0. The quantitative estimate of drug-likeness (QED) is 0.801. The number of benzene rings is 1. The Morgan fingerprint density at radius 3 is 2.68 bits per heavy atom. The Kier molecular flexibility index (Phi) is 5.78. The monoisotopic (exact) mass is 343 g/mol. The first kappa shape index (κ1) is 17.6. The summed E-state index contributed by atoms with van der Waals surface area (Å²) in [5.41, 5.74) is 2.00. The molecule has 1 aliphatic heterocycles. The zero-order valence-electron chi connectivity index (χ0n) is 14.6. The molecule has 7 nitrogen and oxygen atoms in total. The highest BCUT2D eigenvalue weighted by Crippen LogP contribution is 2.09. The summed E-state index contributed by atoms with van der Waals surface area (Å²) in [5.74, 6) is 0.0861. The summed E-state index contributed by atoms with van der Waals surface area (Å²) >= 11 is 0. The van der Waals surface area contributed by atoms with E-state index in [0.29, 0.717) is 18.8 Å². The number of hydrogen-bond donors (Lipinski definition) is 2. The Labute approximate surface area is 147 Å². The van der Waals surface area contributed by atoms with E-state index in [1.807, 2.05) is 31.2 Å². The Hall–Kier alpha value is -2.25. The first-order valence-corrected chi connectivity index (χ1v) is 8.85. The van der Waals surface area contributed by atoms with Gasteiger partial charge < -0.3 is 10.3 Å². The molecule has 134 valence electrons. The van der Waals surface area contributed by atoms with Gasteiger partial charge in [-0.1, -0.05) is 19.1 Å². The van der Waals surface area contributed by atoms with Crippen LogP contribution in [0, 0.1) is 0 Å². The normalized spacial score (nSPS) is 16.2. The zero-order chi connectivity index (χ0) is 17.6. The Bertz CT molecular complexity index is 780. The van der Waals surface area contributed by atoms with Gasteiger partial charge in [-0.05, 0) is 18.6 Å². The van der Waals surface area contributed by atoms with Gasteiger partial charge in [-0.3, -0.25) is 19.4 Å². The van der Waals surface area contributed by atoms with Crippen molar-refractivity contribution in [3.8, 4) is 0 Å². The van der Waals surface area contributed by atoms with Crippen LogP contribution < -0.4 is 10.9 Å². The van der Waals surface area contributed by atoms with Crippen molar-refractivity contribution in [2.24, 2.45) is 0 Å². The molecule has 1 aromatic carbocycles. The van der Waals surface area contributed by atoms with Crippen molar-refractivity contribution in [2.75, 3.05) is 39.3 Å². The number of carbonyl (C=O) groups excluding carboxylic acids is 1. The number of aromatic amines is 1. The fraction of sp³-hybridized carbons (Fsp3) is 0.500. The van der Waals surface area contributed by atoms with Gasteiger partial charge >= 0.3 is 0 Å². The van der Waals surface area contributed by atoms with Crippen molar-refractivity contribution in [2.45, 2.75) is 19.9 Å². The predicted octanol–water partition coefficient (Wildman–Crippen LogP) is 0.567. The number of nitrogens with one attached hydrogen (secondary N) is 2. The number of hydrogen-bond acceptors (Lipinski definition) is 5. The minimum absolute atomic E-state index is 0.0861. The molecule has 25 heavy (non-hydrogen) atoms. The van der Waals surface area contributed by atoms with Crippen molar-refractivity contribution < 1.29 is 4.79 Å². The van der Waals surface area contributed by atoms with E-state index >= 15 is 0 Å². The maximum Gasteiger partial charge on any atom is 0.271 e. The summed E-state index contributed by atoms with van der Waals surface area (Å²) in [6.45, 7) is 7.07. The molecule has 0 aliphatic carbocycles. The highest BCUT2D eigenvalue weighted by atomic mass is 16.2. The number of aromatic nitrogens is 2. The maximum atomic E-state index is 12.2. The Morgan fingerprint density at radius 2 is 1.92 bits per heavy atom. The van der Waals surface area contributed by atoms with E-state index in [1.54, 1.807) is 0 Å². The molecule has 7 heteroatoms. The maximum absolute atomic E-state index is 12.2. The van der Waals surface area contributed by atoms with E-state index < -0.39 is 0 Å². The van der Waals surface area contributed by atoms with Gasteiger partial charge in [0.25, 0.3) is 5.56 Å². The smallest absolute Gasteiger partial charge is 0.271 e. The predicted molar refractivity (Wildman–Crippen MR) is 97.4 cm³/mol. The van der Waals surface area contributed by atoms with Crippen LogP contribution >= 0.6 is 0 Å². The first-order valence-electron chi connectivity index (χ1n) is 8.85. The molecule has 1 aromatic heterocycles. The molecule has 0 spiro atoms. The molecule has 1 aliphatic rings. The first-order chi connectivity index (χ1) is 12.2. The average molecular weight is 343 g/mol. The number of H-pyrrole nitrogens is 1. The molecule has 3 rings (SSSR count). The van der Waals surface area contributed by atoms with Crippen LogP contribution in [0.4, 0.5) is 0 Å². The average Bonchev–Trinajstić information content (AvgIpc) is 2.62. The number of nitrogens with zero attached hydrogens (tertiary/aromatic N) is 3. The molecule has 2 heterocycles. The van der Waals surface area contributed by atoms with Crippen LogP contribution in [0.2, 0.25) is 0 Å². The summed E-state index contributed by atoms with van der Waals surface area (Å²) in [5, 5.41) is 2.91. The van der Waals surface area contributed by atoms with Gasteiger partial charge in [-0.25, -0.2) is 4.98 Å². The second-order valence-electron chi connectivity index (χ2n) is 6.43. The molecule has 2 aromatic rings. The van der Waals surface area contributed by atoms with E-state index in [1.165, 1.54) is 0 Å². The van der Waals surface area contributed by atoms with Crippen LogP contribution in [-0.4, -0.2) is 64.9 Å². The third kappa shape index (κ3) is 4.64. The van der Waals surface area contributed by atoms with Gasteiger partial charge in [0.05, 0.1) is 17.6 Å². The highest BCUT2D eigenvalue weighted by Gasteiger charge is 2.20. The van der Waals surface area contributed by atoms with Crippen molar-refractivity contribution >= 4 is 16.9 Å². The standard InChI is InChI=1S/C18H25N5O2/c1-2-7-19-17(24)13-23-10-8-22(9-11-23)12-16-18(25)21-15-6-4-3-5-14(15)20-16/h3-6H,2,7-13H2,1H3,(H,19,24)(H,21,25). The summed E-state index contributed by atoms with van der Waals surface area (Å²) in [6.07, 6.45) is 0.951. The van der Waals surface area contributed by atoms with E-state index in [2.05, 4.69) is 25.1 Å². The largest absolute Gasteiger partial charge is 0.355 e. The number of fused-ring (bicyclic) bond motifs is 1. The van der Waals surface area contributed by atoms with Crippen LogP contribution in [-0.2, 0) is 11.3 Å². The molecule has 0 bridgehead atoms. The van der Waals surface area contributed by atoms with Gasteiger partial charge in [0.1, 0.15) is 5.69 Å². The Morgan fingerprint density at radius 1 is 1.20 bits per heavy atom. The molecule has 0 radical (unpaired) electrons. The second kappa shape index (κ2) is 8.22. The lowest BCUT2D eigenvalue weighted by molar-refractivity contribution is -0.122. The highest BCUT2D eigenvalue weighted by molar-refractivity contribution is 5.78. The van der Waals surface area contributed by atoms with Crippen molar-refractivity contribution in [3.63, 3.8) is 0 Å². The van der Waals surface area contributed by atoms with Crippen molar-refractivity contribution in [1.29, 1.82) is 0 Å². The third-order valence-corrected chi connectivity index (χ3v) is 4.45.